The van der Waals surface area contributed by atoms with Crippen molar-refractivity contribution in [3.8, 4) is 0 Å². The summed E-state index contributed by atoms with van der Waals surface area (Å²) < 4.78 is 0. The molecule has 0 atom stereocenters. The molecule has 0 fully saturated rings. The molecule has 21 heavy (non-hydrogen) atoms. The first kappa shape index (κ1) is 14.4. The van der Waals surface area contributed by atoms with Crippen LogP contribution in [0, 0.1) is 27.2 Å². The maximum absolute atomic E-state index is 11.0. The van der Waals surface area contributed by atoms with Crippen LogP contribution in [0.3, 0.4) is 0 Å². The van der Waals surface area contributed by atoms with Crippen molar-refractivity contribution in [2.75, 3.05) is 5.32 Å². The predicted octanol–water partition coefficient (Wildman–Crippen LogP) is 3.42. The highest BCUT2D eigenvalue weighted by Crippen LogP contribution is 2.29. The molecule has 0 aliphatic carbocycles. The molecule has 0 heterocycles. The zero-order valence-electron chi connectivity index (χ0n) is 11.3. The van der Waals surface area contributed by atoms with Gasteiger partial charge in [-0.3, -0.25) is 20.2 Å². The second kappa shape index (κ2) is 6.00. The van der Waals surface area contributed by atoms with E-state index in [4.69, 9.17) is 0 Å². The number of nitro benzene ring substituents is 2. The van der Waals surface area contributed by atoms with Crippen LogP contribution in [-0.4, -0.2) is 9.85 Å². The molecule has 108 valence electrons. The summed E-state index contributed by atoms with van der Waals surface area (Å²) in [5.74, 6) is 0. The molecule has 0 aliphatic rings. The van der Waals surface area contributed by atoms with Crippen molar-refractivity contribution in [3.05, 3.63) is 73.8 Å². The number of nitrogens with one attached hydrogen (secondary N) is 1. The minimum Gasteiger partial charge on any atom is -0.375 e. The Hall–Kier alpha value is -2.96. The van der Waals surface area contributed by atoms with E-state index in [1.807, 2.05) is 31.2 Å². The van der Waals surface area contributed by atoms with E-state index >= 15 is 0 Å². The maximum atomic E-state index is 11.0. The summed E-state index contributed by atoms with van der Waals surface area (Å²) in [6.45, 7) is 2.35. The molecule has 0 radical (unpaired) electrons. The van der Waals surface area contributed by atoms with Gasteiger partial charge in [0.1, 0.15) is 5.69 Å². The highest BCUT2D eigenvalue weighted by Gasteiger charge is 2.19. The van der Waals surface area contributed by atoms with Crippen LogP contribution in [0.1, 0.15) is 11.1 Å². The molecule has 2 aromatic carbocycles. The van der Waals surface area contributed by atoms with E-state index in [2.05, 4.69) is 5.32 Å². The summed E-state index contributed by atoms with van der Waals surface area (Å²) in [5, 5.41) is 24.6. The second-order valence-electron chi connectivity index (χ2n) is 4.50. The predicted molar refractivity (Wildman–Crippen MR) is 78.3 cm³/mol. The lowest BCUT2D eigenvalue weighted by Gasteiger charge is -2.09. The number of nitro groups is 2. The van der Waals surface area contributed by atoms with Gasteiger partial charge in [0.25, 0.3) is 11.4 Å². The molecule has 1 N–H and O–H groups in total. The van der Waals surface area contributed by atoms with Crippen LogP contribution in [0.15, 0.2) is 42.5 Å². The standard InChI is InChI=1S/C14H13N3O4/c1-10-4-2-3-5-11(10)9-15-13-7-6-12(16(18)19)8-14(13)17(20)21/h2-8,15H,9H2,1H3. The third-order valence-electron chi connectivity index (χ3n) is 3.12. The number of rotatable bonds is 5. The van der Waals surface area contributed by atoms with Crippen LogP contribution in [0.25, 0.3) is 0 Å². The third-order valence-corrected chi connectivity index (χ3v) is 3.12. The zero-order chi connectivity index (χ0) is 15.4. The number of hydrogen-bond acceptors (Lipinski definition) is 5. The number of benzene rings is 2. The van der Waals surface area contributed by atoms with Crippen LogP contribution in [0.5, 0.6) is 0 Å². The van der Waals surface area contributed by atoms with Crippen molar-refractivity contribution < 1.29 is 9.85 Å². The normalized spacial score (nSPS) is 10.1. The van der Waals surface area contributed by atoms with Gasteiger partial charge in [0.15, 0.2) is 0 Å². The molecule has 0 aliphatic heterocycles. The van der Waals surface area contributed by atoms with Crippen LogP contribution in [-0.2, 0) is 6.54 Å². The average molecular weight is 287 g/mol. The topological polar surface area (TPSA) is 98.3 Å². The van der Waals surface area contributed by atoms with Gasteiger partial charge in [0, 0.05) is 12.6 Å². The Morgan fingerprint density at radius 2 is 1.76 bits per heavy atom. The lowest BCUT2D eigenvalue weighted by Crippen LogP contribution is -2.04. The fraction of sp³-hybridized carbons (Fsp3) is 0.143. The Labute approximate surface area is 120 Å². The van der Waals surface area contributed by atoms with Crippen LogP contribution in [0.2, 0.25) is 0 Å². The lowest BCUT2D eigenvalue weighted by molar-refractivity contribution is -0.393. The fourth-order valence-electron chi connectivity index (χ4n) is 1.93. The van der Waals surface area contributed by atoms with Crippen LogP contribution in [0.4, 0.5) is 17.1 Å². The number of non-ortho nitro benzene ring substituents is 1. The highest BCUT2D eigenvalue weighted by atomic mass is 16.6. The molecule has 0 saturated heterocycles. The van der Waals surface area contributed by atoms with Gasteiger partial charge in [0.05, 0.1) is 15.9 Å². The molecular formula is C14H13N3O4. The van der Waals surface area contributed by atoms with E-state index in [1.54, 1.807) is 0 Å². The summed E-state index contributed by atoms with van der Waals surface area (Å²) in [5.41, 5.74) is 1.72. The third kappa shape index (κ3) is 3.33. The smallest absolute Gasteiger partial charge is 0.299 e. The Bertz CT molecular complexity index is 700. The summed E-state index contributed by atoms with van der Waals surface area (Å²) in [6, 6.07) is 11.2. The van der Waals surface area contributed by atoms with Gasteiger partial charge in [-0.2, -0.15) is 0 Å². The van der Waals surface area contributed by atoms with Crippen molar-refractivity contribution in [2.45, 2.75) is 13.5 Å². The molecule has 0 aromatic heterocycles. The SMILES string of the molecule is Cc1ccccc1CNc1ccc([N+](=O)[O-])cc1[N+](=O)[O-]. The largest absolute Gasteiger partial charge is 0.375 e. The maximum Gasteiger partial charge on any atom is 0.299 e. The first-order valence-corrected chi connectivity index (χ1v) is 6.20. The summed E-state index contributed by atoms with van der Waals surface area (Å²) in [6.07, 6.45) is 0. The zero-order valence-corrected chi connectivity index (χ0v) is 11.3. The quantitative estimate of drug-likeness (QED) is 0.671. The molecule has 0 spiro atoms. The molecule has 0 amide bonds. The Morgan fingerprint density at radius 1 is 1.05 bits per heavy atom. The van der Waals surface area contributed by atoms with E-state index < -0.39 is 9.85 Å². The number of nitrogens with zero attached hydrogens (tertiary/aromatic N) is 2. The first-order valence-electron chi connectivity index (χ1n) is 6.20. The molecule has 0 saturated carbocycles. The number of aryl methyl sites for hydroxylation is 1. The summed E-state index contributed by atoms with van der Waals surface area (Å²) in [7, 11) is 0. The van der Waals surface area contributed by atoms with Gasteiger partial charge in [-0.15, -0.1) is 0 Å². The van der Waals surface area contributed by atoms with Crippen LogP contribution >= 0.6 is 0 Å². The van der Waals surface area contributed by atoms with E-state index in [9.17, 15) is 20.2 Å². The van der Waals surface area contributed by atoms with Gasteiger partial charge < -0.3 is 5.32 Å². The Morgan fingerprint density at radius 3 is 2.38 bits per heavy atom. The fourth-order valence-corrected chi connectivity index (χ4v) is 1.93. The van der Waals surface area contributed by atoms with E-state index in [0.29, 0.717) is 6.54 Å². The minimum atomic E-state index is -0.655. The molecular weight excluding hydrogens is 274 g/mol. The van der Waals surface area contributed by atoms with Crippen molar-refractivity contribution in [3.63, 3.8) is 0 Å². The average Bonchev–Trinajstić information content (AvgIpc) is 2.46. The molecule has 7 heteroatoms. The highest BCUT2D eigenvalue weighted by molar-refractivity contribution is 5.65. The monoisotopic (exact) mass is 287 g/mol. The number of anilines is 1. The summed E-state index contributed by atoms with van der Waals surface area (Å²) in [4.78, 5) is 20.4. The Balaban J connectivity index is 2.26. The minimum absolute atomic E-state index is 0.258. The number of hydrogen-bond donors (Lipinski definition) is 1. The van der Waals surface area contributed by atoms with Gasteiger partial charge in [-0.1, -0.05) is 24.3 Å². The summed E-state index contributed by atoms with van der Waals surface area (Å²) >= 11 is 0. The van der Waals surface area contributed by atoms with Gasteiger partial charge in [0.2, 0.25) is 0 Å². The van der Waals surface area contributed by atoms with Crippen molar-refractivity contribution >= 4 is 17.1 Å². The van der Waals surface area contributed by atoms with Crippen molar-refractivity contribution in [1.29, 1.82) is 0 Å². The van der Waals surface area contributed by atoms with Crippen molar-refractivity contribution in [1.82, 2.24) is 0 Å². The van der Waals surface area contributed by atoms with E-state index in [-0.39, 0.29) is 17.1 Å². The van der Waals surface area contributed by atoms with Gasteiger partial charge in [-0.05, 0) is 24.1 Å². The van der Waals surface area contributed by atoms with Crippen molar-refractivity contribution in [2.24, 2.45) is 0 Å². The molecule has 2 aromatic rings. The lowest BCUT2D eigenvalue weighted by atomic mass is 10.1. The molecule has 0 bridgehead atoms. The van der Waals surface area contributed by atoms with E-state index in [1.165, 1.54) is 12.1 Å². The molecule has 0 unspecified atom stereocenters. The Kier molecular flexibility index (Phi) is 4.13. The van der Waals surface area contributed by atoms with Crippen LogP contribution < -0.4 is 5.32 Å². The van der Waals surface area contributed by atoms with Gasteiger partial charge in [-0.25, -0.2) is 0 Å². The van der Waals surface area contributed by atoms with Gasteiger partial charge >= 0.3 is 0 Å². The molecule has 7 nitrogen and oxygen atoms in total. The molecule has 2 rings (SSSR count). The first-order chi connectivity index (χ1) is 9.99. The second-order valence-corrected chi connectivity index (χ2v) is 4.50. The van der Waals surface area contributed by atoms with E-state index in [0.717, 1.165) is 17.2 Å².